The number of halogens is 2. The molecular formula is C17H16Cl2N2O. The molecule has 0 aliphatic heterocycles. The molecule has 5 heteroatoms. The smallest absolute Gasteiger partial charge is 0.164 e. The van der Waals surface area contributed by atoms with Crippen LogP contribution in [0.1, 0.15) is 20.8 Å². The van der Waals surface area contributed by atoms with Crippen LogP contribution >= 0.6 is 23.2 Å². The zero-order chi connectivity index (χ0) is 15.9. The summed E-state index contributed by atoms with van der Waals surface area (Å²) in [7, 11) is 0. The zero-order valence-electron chi connectivity index (χ0n) is 12.6. The Bertz CT molecular complexity index is 814. The van der Waals surface area contributed by atoms with Gasteiger partial charge in [0.1, 0.15) is 5.75 Å². The molecule has 3 rings (SSSR count). The number of ether oxygens (including phenoxy) is 1. The molecule has 3 aromatic rings. The highest BCUT2D eigenvalue weighted by atomic mass is 35.5. The Morgan fingerprint density at radius 2 is 1.73 bits per heavy atom. The first-order valence-electron chi connectivity index (χ1n) is 6.96. The molecule has 114 valence electrons. The van der Waals surface area contributed by atoms with Crippen LogP contribution in [0.2, 0.25) is 10.0 Å². The standard InChI is InChI=1S/C17H16Cl2N2O/c1-17(2,3)21-10-20-14-8-7-11(9-15(14)21)22-16-12(18)5-4-6-13(16)19/h4-10H,1-3H3. The highest BCUT2D eigenvalue weighted by Crippen LogP contribution is 2.37. The van der Waals surface area contributed by atoms with E-state index in [1.807, 2.05) is 24.5 Å². The molecule has 1 heterocycles. The van der Waals surface area contributed by atoms with Crippen LogP contribution < -0.4 is 4.74 Å². The van der Waals surface area contributed by atoms with Crippen LogP contribution in [-0.2, 0) is 5.54 Å². The molecule has 0 aliphatic carbocycles. The fraction of sp³-hybridized carbons (Fsp3) is 0.235. The topological polar surface area (TPSA) is 27.1 Å². The van der Waals surface area contributed by atoms with Crippen molar-refractivity contribution < 1.29 is 4.74 Å². The van der Waals surface area contributed by atoms with E-state index in [1.165, 1.54) is 0 Å². The van der Waals surface area contributed by atoms with Gasteiger partial charge >= 0.3 is 0 Å². The summed E-state index contributed by atoms with van der Waals surface area (Å²) in [5, 5.41) is 0.967. The molecule has 1 aromatic heterocycles. The number of hydrogen-bond acceptors (Lipinski definition) is 2. The molecule has 0 N–H and O–H groups in total. The van der Waals surface area contributed by atoms with E-state index in [9.17, 15) is 0 Å². The van der Waals surface area contributed by atoms with E-state index >= 15 is 0 Å². The number of imidazole rings is 1. The van der Waals surface area contributed by atoms with Crippen LogP contribution in [0.5, 0.6) is 11.5 Å². The van der Waals surface area contributed by atoms with Crippen molar-refractivity contribution in [1.29, 1.82) is 0 Å². The van der Waals surface area contributed by atoms with Gasteiger partial charge in [0.25, 0.3) is 0 Å². The molecule has 0 saturated carbocycles. The van der Waals surface area contributed by atoms with Gasteiger partial charge in [-0.05, 0) is 45.0 Å². The van der Waals surface area contributed by atoms with Gasteiger partial charge in [0.2, 0.25) is 0 Å². The Morgan fingerprint density at radius 3 is 2.36 bits per heavy atom. The Morgan fingerprint density at radius 1 is 1.05 bits per heavy atom. The zero-order valence-corrected chi connectivity index (χ0v) is 14.1. The Kier molecular flexibility index (Phi) is 3.79. The quantitative estimate of drug-likeness (QED) is 0.584. The molecule has 0 fully saturated rings. The lowest BCUT2D eigenvalue weighted by molar-refractivity contribution is 0.407. The third kappa shape index (κ3) is 2.79. The molecule has 2 aromatic carbocycles. The fourth-order valence-corrected chi connectivity index (χ4v) is 2.76. The second kappa shape index (κ2) is 5.49. The summed E-state index contributed by atoms with van der Waals surface area (Å²) in [5.74, 6) is 1.14. The lowest BCUT2D eigenvalue weighted by Gasteiger charge is -2.21. The first-order valence-corrected chi connectivity index (χ1v) is 7.71. The van der Waals surface area contributed by atoms with Crippen molar-refractivity contribution in [2.75, 3.05) is 0 Å². The van der Waals surface area contributed by atoms with Gasteiger partial charge in [-0.1, -0.05) is 29.3 Å². The van der Waals surface area contributed by atoms with Gasteiger partial charge in [0.15, 0.2) is 5.75 Å². The first kappa shape index (κ1) is 15.2. The summed E-state index contributed by atoms with van der Waals surface area (Å²) in [4.78, 5) is 4.42. The van der Waals surface area contributed by atoms with E-state index < -0.39 is 0 Å². The molecule has 0 bridgehead atoms. The monoisotopic (exact) mass is 334 g/mol. The normalized spacial score (nSPS) is 11.9. The van der Waals surface area contributed by atoms with Gasteiger partial charge in [0, 0.05) is 11.6 Å². The van der Waals surface area contributed by atoms with Crippen molar-refractivity contribution in [3.05, 3.63) is 52.8 Å². The second-order valence-electron chi connectivity index (χ2n) is 6.09. The number of nitrogens with zero attached hydrogens (tertiary/aromatic N) is 2. The van der Waals surface area contributed by atoms with Crippen LogP contribution in [0, 0.1) is 0 Å². The highest BCUT2D eigenvalue weighted by Gasteiger charge is 2.17. The maximum Gasteiger partial charge on any atom is 0.164 e. The van der Waals surface area contributed by atoms with Gasteiger partial charge in [0.05, 0.1) is 27.4 Å². The second-order valence-corrected chi connectivity index (χ2v) is 6.90. The molecule has 0 atom stereocenters. The Labute approximate surface area is 139 Å². The van der Waals surface area contributed by atoms with E-state index in [-0.39, 0.29) is 5.54 Å². The number of fused-ring (bicyclic) bond motifs is 1. The van der Waals surface area contributed by atoms with E-state index in [2.05, 4.69) is 30.3 Å². The number of para-hydroxylation sites is 1. The summed E-state index contributed by atoms with van der Waals surface area (Å²) in [6.07, 6.45) is 1.84. The summed E-state index contributed by atoms with van der Waals surface area (Å²) in [6.45, 7) is 6.39. The largest absolute Gasteiger partial charge is 0.454 e. The summed E-state index contributed by atoms with van der Waals surface area (Å²) >= 11 is 12.3. The minimum absolute atomic E-state index is 0.0601. The number of aromatic nitrogens is 2. The van der Waals surface area contributed by atoms with Crippen molar-refractivity contribution in [3.8, 4) is 11.5 Å². The molecule has 0 unspecified atom stereocenters. The van der Waals surface area contributed by atoms with Crippen LogP contribution in [0.4, 0.5) is 0 Å². The maximum absolute atomic E-state index is 6.15. The molecule has 0 amide bonds. The first-order chi connectivity index (χ1) is 10.4. The van der Waals surface area contributed by atoms with E-state index in [0.717, 1.165) is 11.0 Å². The molecule has 0 spiro atoms. The van der Waals surface area contributed by atoms with Crippen molar-refractivity contribution in [2.45, 2.75) is 26.3 Å². The minimum atomic E-state index is -0.0601. The molecule has 22 heavy (non-hydrogen) atoms. The minimum Gasteiger partial charge on any atom is -0.454 e. The van der Waals surface area contributed by atoms with Crippen LogP contribution in [0.25, 0.3) is 11.0 Å². The Balaban J connectivity index is 2.05. The van der Waals surface area contributed by atoms with Crippen LogP contribution in [-0.4, -0.2) is 9.55 Å². The summed E-state index contributed by atoms with van der Waals surface area (Å²) in [6, 6.07) is 11.0. The maximum atomic E-state index is 6.15. The average Bonchev–Trinajstić information content (AvgIpc) is 2.86. The van der Waals surface area contributed by atoms with Gasteiger partial charge in [-0.2, -0.15) is 0 Å². The van der Waals surface area contributed by atoms with E-state index in [4.69, 9.17) is 27.9 Å². The predicted octanol–water partition coefficient (Wildman–Crippen LogP) is 5.89. The number of rotatable bonds is 2. The van der Waals surface area contributed by atoms with Gasteiger partial charge < -0.3 is 9.30 Å². The molecule has 0 radical (unpaired) electrons. The van der Waals surface area contributed by atoms with Crippen molar-refractivity contribution in [2.24, 2.45) is 0 Å². The highest BCUT2D eigenvalue weighted by molar-refractivity contribution is 6.37. The van der Waals surface area contributed by atoms with Gasteiger partial charge in [-0.25, -0.2) is 4.98 Å². The SMILES string of the molecule is CC(C)(C)n1cnc2ccc(Oc3c(Cl)cccc3Cl)cc21. The summed E-state index contributed by atoms with van der Waals surface area (Å²) in [5.41, 5.74) is 1.87. The molecule has 3 nitrogen and oxygen atoms in total. The Hall–Kier alpha value is -1.71. The van der Waals surface area contributed by atoms with Crippen molar-refractivity contribution in [3.63, 3.8) is 0 Å². The number of benzene rings is 2. The predicted molar refractivity (Wildman–Crippen MR) is 91.3 cm³/mol. The van der Waals surface area contributed by atoms with Gasteiger partial charge in [-0.3, -0.25) is 0 Å². The van der Waals surface area contributed by atoms with Crippen molar-refractivity contribution >= 4 is 34.2 Å². The van der Waals surface area contributed by atoms with E-state index in [0.29, 0.717) is 21.5 Å². The van der Waals surface area contributed by atoms with Crippen LogP contribution in [0.15, 0.2) is 42.7 Å². The lowest BCUT2D eigenvalue weighted by atomic mass is 10.1. The third-order valence-corrected chi connectivity index (χ3v) is 3.98. The molecule has 0 aliphatic rings. The average molecular weight is 335 g/mol. The fourth-order valence-electron chi connectivity index (χ4n) is 2.28. The van der Waals surface area contributed by atoms with E-state index in [1.54, 1.807) is 18.2 Å². The summed E-state index contributed by atoms with van der Waals surface area (Å²) < 4.78 is 7.99. The lowest BCUT2D eigenvalue weighted by Crippen LogP contribution is -2.20. The molecular weight excluding hydrogens is 319 g/mol. The van der Waals surface area contributed by atoms with Crippen molar-refractivity contribution in [1.82, 2.24) is 9.55 Å². The van der Waals surface area contributed by atoms with Gasteiger partial charge in [-0.15, -0.1) is 0 Å². The molecule has 0 saturated heterocycles. The third-order valence-electron chi connectivity index (χ3n) is 3.38. The number of hydrogen-bond donors (Lipinski definition) is 0. The van der Waals surface area contributed by atoms with Crippen LogP contribution in [0.3, 0.4) is 0 Å².